The summed E-state index contributed by atoms with van der Waals surface area (Å²) in [6, 6.07) is 3.88. The van der Waals surface area contributed by atoms with Gasteiger partial charge in [-0.1, -0.05) is 0 Å². The Hall–Kier alpha value is -2.54. The number of hydrogen-bond acceptors (Lipinski definition) is 6. The van der Waals surface area contributed by atoms with Gasteiger partial charge in [0, 0.05) is 34.5 Å². The van der Waals surface area contributed by atoms with Crippen molar-refractivity contribution in [2.24, 2.45) is 0 Å². The molecule has 0 unspecified atom stereocenters. The number of ether oxygens (including phenoxy) is 2. The smallest absolute Gasteiger partial charge is 0.252 e. The first-order chi connectivity index (χ1) is 11.9. The SMILES string of the molecule is COc1cc2c(cc1OC)C(=CC(=O)Nc1nccs1)NC(C)(C)C2. The molecule has 0 aliphatic carbocycles. The molecule has 0 spiro atoms. The maximum atomic E-state index is 12.4. The Bertz CT molecular complexity index is 813. The van der Waals surface area contributed by atoms with Crippen molar-refractivity contribution in [3.8, 4) is 11.5 Å². The van der Waals surface area contributed by atoms with Crippen LogP contribution in [0.4, 0.5) is 5.13 Å². The molecule has 7 heteroatoms. The minimum Gasteiger partial charge on any atom is -0.493 e. The van der Waals surface area contributed by atoms with Gasteiger partial charge in [0.05, 0.1) is 14.2 Å². The fraction of sp³-hybridized carbons (Fsp3) is 0.333. The van der Waals surface area contributed by atoms with Crippen molar-refractivity contribution >= 4 is 28.1 Å². The molecule has 2 aromatic rings. The molecule has 0 saturated heterocycles. The summed E-state index contributed by atoms with van der Waals surface area (Å²) < 4.78 is 10.8. The van der Waals surface area contributed by atoms with Gasteiger partial charge in [-0.3, -0.25) is 10.1 Å². The van der Waals surface area contributed by atoms with E-state index >= 15 is 0 Å². The highest BCUT2D eigenvalue weighted by Gasteiger charge is 2.29. The van der Waals surface area contributed by atoms with E-state index in [2.05, 4.69) is 29.5 Å². The van der Waals surface area contributed by atoms with E-state index in [4.69, 9.17) is 9.47 Å². The Labute approximate surface area is 150 Å². The number of anilines is 1. The highest BCUT2D eigenvalue weighted by atomic mass is 32.1. The van der Waals surface area contributed by atoms with Gasteiger partial charge in [0.1, 0.15) is 0 Å². The molecule has 2 N–H and O–H groups in total. The molecule has 132 valence electrons. The van der Waals surface area contributed by atoms with Gasteiger partial charge in [0.25, 0.3) is 5.91 Å². The van der Waals surface area contributed by atoms with Crippen LogP contribution in [0, 0.1) is 0 Å². The monoisotopic (exact) mass is 359 g/mol. The molecule has 25 heavy (non-hydrogen) atoms. The van der Waals surface area contributed by atoms with Gasteiger partial charge >= 0.3 is 0 Å². The third-order valence-corrected chi connectivity index (χ3v) is 4.63. The van der Waals surface area contributed by atoms with Crippen molar-refractivity contribution in [1.82, 2.24) is 10.3 Å². The maximum absolute atomic E-state index is 12.4. The van der Waals surface area contributed by atoms with Crippen molar-refractivity contribution in [3.05, 3.63) is 40.9 Å². The summed E-state index contributed by atoms with van der Waals surface area (Å²) in [4.78, 5) is 16.4. The lowest BCUT2D eigenvalue weighted by atomic mass is 9.85. The molecule has 1 aliphatic heterocycles. The Morgan fingerprint density at radius 3 is 2.68 bits per heavy atom. The third kappa shape index (κ3) is 3.76. The molecule has 0 atom stereocenters. The Balaban J connectivity index is 1.99. The van der Waals surface area contributed by atoms with E-state index in [-0.39, 0.29) is 11.4 Å². The topological polar surface area (TPSA) is 72.5 Å². The summed E-state index contributed by atoms with van der Waals surface area (Å²) >= 11 is 1.38. The molecular weight excluding hydrogens is 338 g/mol. The first-order valence-corrected chi connectivity index (χ1v) is 8.75. The Kier molecular flexibility index (Phi) is 4.67. The number of amides is 1. The number of rotatable bonds is 4. The fourth-order valence-corrected chi connectivity index (χ4v) is 3.47. The lowest BCUT2D eigenvalue weighted by molar-refractivity contribution is -0.111. The zero-order valence-electron chi connectivity index (χ0n) is 14.7. The second-order valence-electron chi connectivity index (χ2n) is 6.43. The lowest BCUT2D eigenvalue weighted by Crippen LogP contribution is -2.44. The van der Waals surface area contributed by atoms with E-state index in [0.717, 1.165) is 23.2 Å². The van der Waals surface area contributed by atoms with Crippen LogP contribution in [-0.4, -0.2) is 30.6 Å². The molecule has 2 heterocycles. The fourth-order valence-electron chi connectivity index (χ4n) is 2.94. The van der Waals surface area contributed by atoms with Crippen LogP contribution in [0.2, 0.25) is 0 Å². The first-order valence-electron chi connectivity index (χ1n) is 7.87. The van der Waals surface area contributed by atoms with Crippen LogP contribution >= 0.6 is 11.3 Å². The number of nitrogens with one attached hydrogen (secondary N) is 2. The summed E-state index contributed by atoms with van der Waals surface area (Å²) in [5.74, 6) is 1.09. The number of fused-ring (bicyclic) bond motifs is 1. The van der Waals surface area contributed by atoms with E-state index in [1.165, 1.54) is 11.3 Å². The second kappa shape index (κ2) is 6.76. The van der Waals surface area contributed by atoms with E-state index in [1.54, 1.807) is 26.5 Å². The molecule has 0 saturated carbocycles. The largest absolute Gasteiger partial charge is 0.493 e. The number of methoxy groups -OCH3 is 2. The lowest BCUT2D eigenvalue weighted by Gasteiger charge is -2.36. The van der Waals surface area contributed by atoms with Crippen molar-refractivity contribution in [3.63, 3.8) is 0 Å². The summed E-state index contributed by atoms with van der Waals surface area (Å²) in [6.07, 6.45) is 4.03. The standard InChI is InChI=1S/C18H21N3O3S/c1-18(2)10-11-7-14(23-3)15(24-4)8-12(11)13(21-18)9-16(22)20-17-19-5-6-25-17/h5-9,21H,10H2,1-4H3,(H,19,20,22). The van der Waals surface area contributed by atoms with Crippen molar-refractivity contribution in [2.75, 3.05) is 19.5 Å². The molecule has 1 aliphatic rings. The number of carbonyl (C=O) groups excluding carboxylic acids is 1. The Morgan fingerprint density at radius 2 is 2.04 bits per heavy atom. The summed E-state index contributed by atoms with van der Waals surface area (Å²) in [5.41, 5.74) is 2.61. The highest BCUT2D eigenvalue weighted by Crippen LogP contribution is 2.37. The molecule has 1 amide bonds. The first kappa shape index (κ1) is 17.3. The van der Waals surface area contributed by atoms with Gasteiger partial charge in [0.2, 0.25) is 0 Å². The summed E-state index contributed by atoms with van der Waals surface area (Å²) in [7, 11) is 3.22. The predicted octanol–water partition coefficient (Wildman–Crippen LogP) is 3.06. The average molecular weight is 359 g/mol. The van der Waals surface area contributed by atoms with Crippen LogP contribution in [0.25, 0.3) is 5.70 Å². The minimum absolute atomic E-state index is 0.181. The molecule has 1 aromatic heterocycles. The quantitative estimate of drug-likeness (QED) is 0.821. The van der Waals surface area contributed by atoms with Gasteiger partial charge in [-0.15, -0.1) is 11.3 Å². The highest BCUT2D eigenvalue weighted by molar-refractivity contribution is 7.13. The number of benzene rings is 1. The van der Waals surface area contributed by atoms with E-state index in [0.29, 0.717) is 16.6 Å². The number of nitrogens with zero attached hydrogens (tertiary/aromatic N) is 1. The Morgan fingerprint density at radius 1 is 1.32 bits per heavy atom. The molecule has 0 fully saturated rings. The molecule has 0 bridgehead atoms. The van der Waals surface area contributed by atoms with Crippen molar-refractivity contribution < 1.29 is 14.3 Å². The third-order valence-electron chi connectivity index (χ3n) is 3.94. The maximum Gasteiger partial charge on any atom is 0.252 e. The van der Waals surface area contributed by atoms with Gasteiger partial charge in [-0.25, -0.2) is 4.98 Å². The average Bonchev–Trinajstić information content (AvgIpc) is 3.05. The van der Waals surface area contributed by atoms with Crippen LogP contribution < -0.4 is 20.1 Å². The molecule has 3 rings (SSSR count). The zero-order chi connectivity index (χ0) is 18.0. The van der Waals surface area contributed by atoms with Crippen LogP contribution in [0.3, 0.4) is 0 Å². The van der Waals surface area contributed by atoms with E-state index in [9.17, 15) is 4.79 Å². The van der Waals surface area contributed by atoms with Crippen molar-refractivity contribution in [2.45, 2.75) is 25.8 Å². The van der Waals surface area contributed by atoms with Crippen molar-refractivity contribution in [1.29, 1.82) is 0 Å². The molecular formula is C18H21N3O3S. The molecule has 0 radical (unpaired) electrons. The normalized spacial score (nSPS) is 16.7. The predicted molar refractivity (Wildman–Crippen MR) is 99.2 cm³/mol. The number of thiazole rings is 1. The zero-order valence-corrected chi connectivity index (χ0v) is 15.5. The van der Waals surface area contributed by atoms with E-state index < -0.39 is 0 Å². The second-order valence-corrected chi connectivity index (χ2v) is 7.33. The molecule has 6 nitrogen and oxygen atoms in total. The van der Waals surface area contributed by atoms with E-state index in [1.807, 2.05) is 17.5 Å². The number of hydrogen-bond donors (Lipinski definition) is 2. The number of aromatic nitrogens is 1. The van der Waals surface area contributed by atoms with Crippen LogP contribution in [0.5, 0.6) is 11.5 Å². The van der Waals surface area contributed by atoms with Crippen LogP contribution in [0.15, 0.2) is 29.8 Å². The molecule has 1 aromatic carbocycles. The van der Waals surface area contributed by atoms with Gasteiger partial charge < -0.3 is 14.8 Å². The minimum atomic E-state index is -0.226. The van der Waals surface area contributed by atoms with Gasteiger partial charge in [-0.2, -0.15) is 0 Å². The van der Waals surface area contributed by atoms with Gasteiger partial charge in [-0.05, 0) is 38.0 Å². The summed E-state index contributed by atoms with van der Waals surface area (Å²) in [6.45, 7) is 4.19. The summed E-state index contributed by atoms with van der Waals surface area (Å²) in [5, 5.41) is 8.60. The van der Waals surface area contributed by atoms with Crippen LogP contribution in [-0.2, 0) is 11.2 Å². The number of carbonyl (C=O) groups is 1. The van der Waals surface area contributed by atoms with Crippen LogP contribution in [0.1, 0.15) is 25.0 Å². The van der Waals surface area contributed by atoms with Gasteiger partial charge in [0.15, 0.2) is 16.6 Å².